The summed E-state index contributed by atoms with van der Waals surface area (Å²) < 4.78 is 5.32. The summed E-state index contributed by atoms with van der Waals surface area (Å²) in [7, 11) is 0. The molecule has 2 aromatic rings. The molecular formula is C16H16N2O3. The first-order chi connectivity index (χ1) is 10.2. The third-order valence-electron chi connectivity index (χ3n) is 3.27. The van der Waals surface area contributed by atoms with Crippen molar-refractivity contribution in [2.45, 2.75) is 13.1 Å². The predicted molar refractivity (Wildman–Crippen MR) is 79.2 cm³/mol. The number of carbonyl (C=O) groups excluding carboxylic acids is 1. The van der Waals surface area contributed by atoms with Gasteiger partial charge in [-0.05, 0) is 35.4 Å². The largest absolute Gasteiger partial charge is 0.508 e. The number of phenolic OH excluding ortho intramolecular Hbond substituents is 1. The van der Waals surface area contributed by atoms with E-state index in [0.29, 0.717) is 18.8 Å². The van der Waals surface area contributed by atoms with Crippen LogP contribution >= 0.6 is 0 Å². The van der Waals surface area contributed by atoms with Gasteiger partial charge in [-0.2, -0.15) is 0 Å². The maximum atomic E-state index is 11.3. The average molecular weight is 284 g/mol. The number of anilines is 1. The van der Waals surface area contributed by atoms with Crippen LogP contribution in [-0.2, 0) is 17.9 Å². The van der Waals surface area contributed by atoms with E-state index in [1.807, 2.05) is 30.3 Å². The highest BCUT2D eigenvalue weighted by atomic mass is 16.5. The van der Waals surface area contributed by atoms with Gasteiger partial charge < -0.3 is 20.5 Å². The van der Waals surface area contributed by atoms with Crippen molar-refractivity contribution in [3.8, 4) is 11.5 Å². The molecule has 0 unspecified atom stereocenters. The fourth-order valence-corrected chi connectivity index (χ4v) is 2.21. The van der Waals surface area contributed by atoms with Gasteiger partial charge in [0.15, 0.2) is 6.61 Å². The molecule has 3 N–H and O–H groups in total. The van der Waals surface area contributed by atoms with Gasteiger partial charge in [0.2, 0.25) is 0 Å². The molecule has 5 nitrogen and oxygen atoms in total. The van der Waals surface area contributed by atoms with Crippen LogP contribution in [0.25, 0.3) is 0 Å². The Morgan fingerprint density at radius 2 is 1.81 bits per heavy atom. The van der Waals surface area contributed by atoms with Crippen LogP contribution in [0.5, 0.6) is 11.5 Å². The highest BCUT2D eigenvalue weighted by Gasteiger charge is 2.15. The molecule has 3 rings (SSSR count). The number of rotatable bonds is 4. The van der Waals surface area contributed by atoms with E-state index < -0.39 is 0 Å². The predicted octanol–water partition coefficient (Wildman–Crippen LogP) is 2.01. The Bertz CT molecular complexity index is 653. The zero-order valence-corrected chi connectivity index (χ0v) is 11.4. The number of nitrogens with one attached hydrogen (secondary N) is 2. The molecule has 0 saturated carbocycles. The van der Waals surface area contributed by atoms with Crippen molar-refractivity contribution >= 4 is 11.6 Å². The van der Waals surface area contributed by atoms with Gasteiger partial charge >= 0.3 is 0 Å². The lowest BCUT2D eigenvalue weighted by Gasteiger charge is -2.18. The summed E-state index contributed by atoms with van der Waals surface area (Å²) in [5, 5.41) is 15.3. The van der Waals surface area contributed by atoms with Crippen LogP contribution in [0.15, 0.2) is 42.5 Å². The quantitative estimate of drug-likeness (QED) is 0.803. The van der Waals surface area contributed by atoms with Crippen LogP contribution in [-0.4, -0.2) is 17.6 Å². The molecule has 5 heteroatoms. The highest BCUT2D eigenvalue weighted by molar-refractivity contribution is 5.95. The molecule has 108 valence electrons. The van der Waals surface area contributed by atoms with E-state index >= 15 is 0 Å². The van der Waals surface area contributed by atoms with E-state index in [9.17, 15) is 9.90 Å². The number of amides is 1. The van der Waals surface area contributed by atoms with Gasteiger partial charge in [-0.3, -0.25) is 4.79 Å². The molecule has 21 heavy (non-hydrogen) atoms. The molecule has 0 bridgehead atoms. The second-order valence-corrected chi connectivity index (χ2v) is 4.94. The Hall–Kier alpha value is -2.53. The van der Waals surface area contributed by atoms with Crippen molar-refractivity contribution in [3.63, 3.8) is 0 Å². The molecule has 0 aliphatic carbocycles. The number of hydrogen-bond acceptors (Lipinski definition) is 4. The fourth-order valence-electron chi connectivity index (χ4n) is 2.21. The highest BCUT2D eigenvalue weighted by Crippen LogP contribution is 2.28. The minimum atomic E-state index is -0.128. The zero-order valence-electron chi connectivity index (χ0n) is 11.4. The van der Waals surface area contributed by atoms with Crippen molar-refractivity contribution in [2.24, 2.45) is 0 Å². The maximum absolute atomic E-state index is 11.3. The number of phenols is 1. The molecule has 1 aliphatic heterocycles. The number of ether oxygens (including phenoxy) is 1. The molecule has 1 aliphatic rings. The molecular weight excluding hydrogens is 268 g/mol. The molecule has 1 heterocycles. The van der Waals surface area contributed by atoms with Crippen LogP contribution in [0.1, 0.15) is 11.1 Å². The van der Waals surface area contributed by atoms with Crippen LogP contribution in [0.3, 0.4) is 0 Å². The lowest BCUT2D eigenvalue weighted by atomic mass is 10.1. The first-order valence-corrected chi connectivity index (χ1v) is 6.75. The van der Waals surface area contributed by atoms with Crippen LogP contribution < -0.4 is 15.4 Å². The monoisotopic (exact) mass is 284 g/mol. The summed E-state index contributed by atoms with van der Waals surface area (Å²) in [4.78, 5) is 11.3. The summed E-state index contributed by atoms with van der Waals surface area (Å²) in [6.07, 6.45) is 0. The van der Waals surface area contributed by atoms with E-state index in [1.165, 1.54) is 0 Å². The molecule has 0 fully saturated rings. The van der Waals surface area contributed by atoms with Crippen LogP contribution in [0, 0.1) is 0 Å². The zero-order chi connectivity index (χ0) is 14.7. The number of fused-ring (bicyclic) bond motifs is 1. The Kier molecular flexibility index (Phi) is 3.75. The van der Waals surface area contributed by atoms with Gasteiger partial charge in [0.05, 0.1) is 5.69 Å². The van der Waals surface area contributed by atoms with Gasteiger partial charge in [0.25, 0.3) is 5.91 Å². The Balaban J connectivity index is 1.59. The van der Waals surface area contributed by atoms with Gasteiger partial charge in [0, 0.05) is 13.1 Å². The second kappa shape index (κ2) is 5.85. The van der Waals surface area contributed by atoms with Gasteiger partial charge in [-0.15, -0.1) is 0 Å². The van der Waals surface area contributed by atoms with Crippen molar-refractivity contribution < 1.29 is 14.6 Å². The SMILES string of the molecule is O=C1COc2ccc(CNCc3ccc(O)cc3)cc2N1. The Morgan fingerprint density at radius 1 is 1.10 bits per heavy atom. The standard InChI is InChI=1S/C16H16N2O3/c19-13-4-1-11(2-5-13)8-17-9-12-3-6-15-14(7-12)18-16(20)10-21-15/h1-7,17,19H,8-10H2,(H,18,20). The summed E-state index contributed by atoms with van der Waals surface area (Å²) in [6, 6.07) is 12.8. The number of carbonyl (C=O) groups is 1. The van der Waals surface area contributed by atoms with Crippen molar-refractivity contribution in [1.29, 1.82) is 0 Å². The van der Waals surface area contributed by atoms with Crippen molar-refractivity contribution in [1.82, 2.24) is 5.32 Å². The van der Waals surface area contributed by atoms with Gasteiger partial charge in [0.1, 0.15) is 11.5 Å². The van der Waals surface area contributed by atoms with Gasteiger partial charge in [-0.1, -0.05) is 18.2 Å². The number of benzene rings is 2. The summed E-state index contributed by atoms with van der Waals surface area (Å²) >= 11 is 0. The van der Waals surface area contributed by atoms with Crippen molar-refractivity contribution in [3.05, 3.63) is 53.6 Å². The third-order valence-corrected chi connectivity index (χ3v) is 3.27. The normalized spacial score (nSPS) is 13.2. The van der Waals surface area contributed by atoms with E-state index in [2.05, 4.69) is 10.6 Å². The van der Waals surface area contributed by atoms with E-state index in [0.717, 1.165) is 16.8 Å². The Labute approximate surface area is 122 Å². The third kappa shape index (κ3) is 3.32. The van der Waals surface area contributed by atoms with Gasteiger partial charge in [-0.25, -0.2) is 0 Å². The molecule has 0 radical (unpaired) electrons. The first-order valence-electron chi connectivity index (χ1n) is 6.75. The minimum Gasteiger partial charge on any atom is -0.508 e. The van der Waals surface area contributed by atoms with E-state index in [4.69, 9.17) is 4.74 Å². The summed E-state index contributed by atoms with van der Waals surface area (Å²) in [5.41, 5.74) is 2.89. The molecule has 0 spiro atoms. The smallest absolute Gasteiger partial charge is 0.262 e. The second-order valence-electron chi connectivity index (χ2n) is 4.94. The van der Waals surface area contributed by atoms with Crippen LogP contribution in [0.4, 0.5) is 5.69 Å². The molecule has 1 amide bonds. The molecule has 0 atom stereocenters. The molecule has 0 aromatic heterocycles. The lowest BCUT2D eigenvalue weighted by molar-refractivity contribution is -0.118. The lowest BCUT2D eigenvalue weighted by Crippen LogP contribution is -2.25. The Morgan fingerprint density at radius 3 is 2.62 bits per heavy atom. The van der Waals surface area contributed by atoms with E-state index in [1.54, 1.807) is 12.1 Å². The topological polar surface area (TPSA) is 70.6 Å². The van der Waals surface area contributed by atoms with Crippen LogP contribution in [0.2, 0.25) is 0 Å². The number of aromatic hydroxyl groups is 1. The minimum absolute atomic E-state index is 0.0749. The number of hydrogen-bond donors (Lipinski definition) is 3. The molecule has 2 aromatic carbocycles. The average Bonchev–Trinajstić information content (AvgIpc) is 2.49. The maximum Gasteiger partial charge on any atom is 0.262 e. The molecule has 0 saturated heterocycles. The van der Waals surface area contributed by atoms with Crippen molar-refractivity contribution in [2.75, 3.05) is 11.9 Å². The summed E-state index contributed by atoms with van der Waals surface area (Å²) in [5.74, 6) is 0.845. The van der Waals surface area contributed by atoms with E-state index in [-0.39, 0.29) is 18.3 Å². The first kappa shape index (κ1) is 13.5. The fraction of sp³-hybridized carbons (Fsp3) is 0.188. The summed E-state index contributed by atoms with van der Waals surface area (Å²) in [6.45, 7) is 1.47.